The summed E-state index contributed by atoms with van der Waals surface area (Å²) in [6.45, 7) is 1.39. The van der Waals surface area contributed by atoms with Gasteiger partial charge in [0.2, 0.25) is 5.91 Å². The fourth-order valence-corrected chi connectivity index (χ4v) is 1.86. The summed E-state index contributed by atoms with van der Waals surface area (Å²) in [5, 5.41) is 4.06. The quantitative estimate of drug-likeness (QED) is 0.760. The summed E-state index contributed by atoms with van der Waals surface area (Å²) in [6.07, 6.45) is 3.13. The molecule has 0 fully saturated rings. The van der Waals surface area contributed by atoms with Gasteiger partial charge in [-0.15, -0.1) is 0 Å². The third-order valence-corrected chi connectivity index (χ3v) is 2.96. The van der Waals surface area contributed by atoms with Crippen molar-refractivity contribution in [1.82, 2.24) is 5.43 Å². The minimum atomic E-state index is -0.0244. The number of carbonyl (C=O) groups excluding carboxylic acids is 1. The summed E-state index contributed by atoms with van der Waals surface area (Å²) in [5.41, 5.74) is 9.85. The summed E-state index contributed by atoms with van der Waals surface area (Å²) in [5.74, 6) is 0.824. The molecule has 5 heteroatoms. The lowest BCUT2D eigenvalue weighted by Crippen LogP contribution is -2.25. The van der Waals surface area contributed by atoms with Crippen LogP contribution in [-0.4, -0.2) is 24.8 Å². The minimum absolute atomic E-state index is 0.0244. The van der Waals surface area contributed by atoms with Gasteiger partial charge in [-0.3, -0.25) is 4.79 Å². The van der Waals surface area contributed by atoms with Crippen LogP contribution in [0.15, 0.2) is 29.4 Å². The molecule has 0 radical (unpaired) electrons. The van der Waals surface area contributed by atoms with Gasteiger partial charge >= 0.3 is 0 Å². The fraction of sp³-hybridized carbons (Fsp3) is 0.429. The molecular weight excluding hydrogens is 242 g/mol. The second-order valence-corrected chi connectivity index (χ2v) is 4.46. The van der Waals surface area contributed by atoms with Crippen molar-refractivity contribution in [1.29, 1.82) is 0 Å². The van der Waals surface area contributed by atoms with E-state index in [1.54, 1.807) is 0 Å². The van der Waals surface area contributed by atoms with Crippen molar-refractivity contribution >= 4 is 11.6 Å². The van der Waals surface area contributed by atoms with E-state index in [1.807, 2.05) is 24.3 Å². The number of nitrogens with zero attached hydrogens (tertiary/aromatic N) is 1. The number of hydrazone groups is 1. The van der Waals surface area contributed by atoms with Crippen LogP contribution < -0.4 is 15.9 Å². The highest BCUT2D eigenvalue weighted by molar-refractivity contribution is 6.04. The largest absolute Gasteiger partial charge is 0.494 e. The Labute approximate surface area is 112 Å². The van der Waals surface area contributed by atoms with Crippen LogP contribution in [0.1, 0.15) is 31.2 Å². The molecule has 1 heterocycles. The smallest absolute Gasteiger partial charge is 0.240 e. The molecule has 0 atom stereocenters. The molecule has 0 spiro atoms. The van der Waals surface area contributed by atoms with E-state index in [2.05, 4.69) is 10.5 Å². The highest BCUT2D eigenvalue weighted by Gasteiger charge is 2.12. The van der Waals surface area contributed by atoms with Crippen molar-refractivity contribution in [3.8, 4) is 5.75 Å². The van der Waals surface area contributed by atoms with Crippen LogP contribution in [0.25, 0.3) is 0 Å². The first-order valence-electron chi connectivity index (χ1n) is 6.58. The van der Waals surface area contributed by atoms with Gasteiger partial charge in [0.15, 0.2) is 0 Å². The lowest BCUT2D eigenvalue weighted by molar-refractivity contribution is -0.121. The Morgan fingerprint density at radius 1 is 1.21 bits per heavy atom. The second kappa shape index (κ2) is 6.89. The summed E-state index contributed by atoms with van der Waals surface area (Å²) >= 11 is 0. The van der Waals surface area contributed by atoms with Crippen LogP contribution in [0.2, 0.25) is 0 Å². The Kier molecular flexibility index (Phi) is 4.92. The summed E-state index contributed by atoms with van der Waals surface area (Å²) < 4.78 is 5.60. The SMILES string of the molecule is NCCCCOc1ccc(C2=NNC(=O)CC2)cc1. The third-order valence-electron chi connectivity index (χ3n) is 2.96. The number of hydrogen-bond donors (Lipinski definition) is 2. The van der Waals surface area contributed by atoms with E-state index in [0.29, 0.717) is 26.0 Å². The van der Waals surface area contributed by atoms with Crippen LogP contribution in [0.5, 0.6) is 5.75 Å². The van der Waals surface area contributed by atoms with Crippen LogP contribution in [0.4, 0.5) is 0 Å². The standard InChI is InChI=1S/C14H19N3O2/c15-9-1-2-10-19-12-5-3-11(4-6-12)13-7-8-14(18)17-16-13/h3-6H,1-2,7-10,15H2,(H,17,18). The Bertz CT molecular complexity index is 454. The number of nitrogens with two attached hydrogens (primary N) is 1. The summed E-state index contributed by atoms with van der Waals surface area (Å²) in [7, 11) is 0. The van der Waals surface area contributed by atoms with Crippen molar-refractivity contribution < 1.29 is 9.53 Å². The molecule has 1 aliphatic rings. The van der Waals surface area contributed by atoms with Gasteiger partial charge in [-0.25, -0.2) is 5.43 Å². The number of hydrogen-bond acceptors (Lipinski definition) is 4. The first kappa shape index (κ1) is 13.5. The van der Waals surface area contributed by atoms with Crippen LogP contribution in [-0.2, 0) is 4.79 Å². The van der Waals surface area contributed by atoms with E-state index < -0.39 is 0 Å². The molecule has 0 aliphatic carbocycles. The molecule has 0 bridgehead atoms. The van der Waals surface area contributed by atoms with Crippen molar-refractivity contribution in [2.75, 3.05) is 13.2 Å². The first-order valence-corrected chi connectivity index (χ1v) is 6.58. The van der Waals surface area contributed by atoms with Gasteiger partial charge in [0.05, 0.1) is 12.3 Å². The molecule has 3 N–H and O–H groups in total. The predicted molar refractivity (Wildman–Crippen MR) is 74.1 cm³/mol. The van der Waals surface area contributed by atoms with Gasteiger partial charge < -0.3 is 10.5 Å². The first-order chi connectivity index (χ1) is 9.29. The van der Waals surface area contributed by atoms with Crippen molar-refractivity contribution in [3.63, 3.8) is 0 Å². The fourth-order valence-electron chi connectivity index (χ4n) is 1.86. The van der Waals surface area contributed by atoms with Gasteiger partial charge in [0.1, 0.15) is 5.75 Å². The molecule has 1 aliphatic heterocycles. The Morgan fingerprint density at radius 3 is 2.63 bits per heavy atom. The molecule has 5 nitrogen and oxygen atoms in total. The number of unbranched alkanes of at least 4 members (excludes halogenated alkanes) is 1. The van der Waals surface area contributed by atoms with E-state index in [-0.39, 0.29) is 5.91 Å². The third kappa shape index (κ3) is 4.06. The Hall–Kier alpha value is -1.88. The summed E-state index contributed by atoms with van der Waals surface area (Å²) in [4.78, 5) is 11.0. The van der Waals surface area contributed by atoms with E-state index in [9.17, 15) is 4.79 Å². The van der Waals surface area contributed by atoms with Crippen LogP contribution in [0, 0.1) is 0 Å². The maximum Gasteiger partial charge on any atom is 0.240 e. The average Bonchev–Trinajstić information content (AvgIpc) is 2.45. The number of ether oxygens (including phenoxy) is 1. The molecule has 0 saturated carbocycles. The van der Waals surface area contributed by atoms with Gasteiger partial charge in [-0.05, 0) is 49.2 Å². The lowest BCUT2D eigenvalue weighted by atomic mass is 10.0. The number of nitrogens with one attached hydrogen (secondary N) is 1. The predicted octanol–water partition coefficient (Wildman–Crippen LogP) is 1.42. The summed E-state index contributed by atoms with van der Waals surface area (Å²) in [6, 6.07) is 7.79. The number of rotatable bonds is 6. The van der Waals surface area contributed by atoms with Crippen molar-refractivity contribution in [2.45, 2.75) is 25.7 Å². The number of benzene rings is 1. The maximum atomic E-state index is 11.0. The highest BCUT2D eigenvalue weighted by Crippen LogP contribution is 2.16. The van der Waals surface area contributed by atoms with E-state index in [1.165, 1.54) is 0 Å². The molecule has 1 aromatic rings. The number of amides is 1. The molecule has 1 aromatic carbocycles. The average molecular weight is 261 g/mol. The van der Waals surface area contributed by atoms with Crippen LogP contribution in [0.3, 0.4) is 0 Å². The normalized spacial score (nSPS) is 14.8. The van der Waals surface area contributed by atoms with Gasteiger partial charge in [0, 0.05) is 12.8 Å². The van der Waals surface area contributed by atoms with Gasteiger partial charge in [-0.1, -0.05) is 0 Å². The second-order valence-electron chi connectivity index (χ2n) is 4.46. The monoisotopic (exact) mass is 261 g/mol. The lowest BCUT2D eigenvalue weighted by Gasteiger charge is -2.12. The molecule has 1 amide bonds. The zero-order chi connectivity index (χ0) is 13.5. The van der Waals surface area contributed by atoms with Crippen molar-refractivity contribution in [2.24, 2.45) is 10.8 Å². The molecule has 19 heavy (non-hydrogen) atoms. The zero-order valence-electron chi connectivity index (χ0n) is 10.9. The number of carbonyl (C=O) groups is 1. The molecule has 0 unspecified atom stereocenters. The Morgan fingerprint density at radius 2 is 2.00 bits per heavy atom. The van der Waals surface area contributed by atoms with Crippen molar-refractivity contribution in [3.05, 3.63) is 29.8 Å². The van der Waals surface area contributed by atoms with Crippen LogP contribution >= 0.6 is 0 Å². The zero-order valence-corrected chi connectivity index (χ0v) is 10.9. The van der Waals surface area contributed by atoms with E-state index >= 15 is 0 Å². The van der Waals surface area contributed by atoms with Gasteiger partial charge in [0.25, 0.3) is 0 Å². The molecule has 2 rings (SSSR count). The Balaban J connectivity index is 1.89. The highest BCUT2D eigenvalue weighted by atomic mass is 16.5. The molecule has 0 aromatic heterocycles. The minimum Gasteiger partial charge on any atom is -0.494 e. The topological polar surface area (TPSA) is 76.7 Å². The maximum absolute atomic E-state index is 11.0. The van der Waals surface area contributed by atoms with E-state index in [0.717, 1.165) is 29.9 Å². The molecule has 102 valence electrons. The van der Waals surface area contributed by atoms with Gasteiger partial charge in [-0.2, -0.15) is 5.10 Å². The van der Waals surface area contributed by atoms with E-state index in [4.69, 9.17) is 10.5 Å². The molecular formula is C14H19N3O2. The molecule has 0 saturated heterocycles.